The van der Waals surface area contributed by atoms with E-state index < -0.39 is 6.29 Å². The highest BCUT2D eigenvalue weighted by atomic mass is 16.6. The molecule has 0 spiro atoms. The maximum atomic E-state index is 8.68. The lowest BCUT2D eigenvalue weighted by atomic mass is 10.4. The van der Waals surface area contributed by atoms with Crippen LogP contribution in [0.1, 0.15) is 6.42 Å². The smallest absolute Gasteiger partial charge is 0.199 e. The molecule has 0 bridgehead atoms. The molecule has 1 atom stereocenters. The molecule has 2 heteroatoms. The van der Waals surface area contributed by atoms with Crippen molar-refractivity contribution >= 4 is 0 Å². The van der Waals surface area contributed by atoms with Crippen LogP contribution in [0.2, 0.25) is 0 Å². The Balaban J connectivity index is 3.16. The first-order valence-corrected chi connectivity index (χ1v) is 2.36. The van der Waals surface area contributed by atoms with E-state index in [0.29, 0.717) is 6.42 Å². The van der Waals surface area contributed by atoms with Crippen LogP contribution in [0.3, 0.4) is 0 Å². The Morgan fingerprint density at radius 2 is 2.25 bits per heavy atom. The molecule has 0 amide bonds. The number of aliphatic hydroxyl groups excluding tert-OH is 1. The molecule has 0 aromatic rings. The van der Waals surface area contributed by atoms with E-state index in [1.54, 1.807) is 6.08 Å². The second kappa shape index (κ2) is 4.40. The average Bonchev–Trinajstić information content (AvgIpc) is 1.68. The van der Waals surface area contributed by atoms with Crippen molar-refractivity contribution < 1.29 is 9.84 Å². The molecular weight excluding hydrogens is 104 g/mol. The Bertz CT molecular complexity index is 68.6. The summed E-state index contributed by atoms with van der Waals surface area (Å²) in [5.41, 5.74) is 0. The first-order chi connectivity index (χ1) is 3.81. The van der Waals surface area contributed by atoms with Crippen LogP contribution in [0, 0.1) is 0 Å². The fraction of sp³-hybridized carbons (Fsp3) is 0.333. The van der Waals surface area contributed by atoms with Gasteiger partial charge in [-0.2, -0.15) is 0 Å². The summed E-state index contributed by atoms with van der Waals surface area (Å²) < 4.78 is 4.53. The fourth-order valence-electron chi connectivity index (χ4n) is 0.309. The zero-order valence-corrected chi connectivity index (χ0v) is 4.71. The number of ether oxygens (including phenoxy) is 1. The molecule has 2 nitrogen and oxygen atoms in total. The topological polar surface area (TPSA) is 29.5 Å². The highest BCUT2D eigenvalue weighted by Crippen LogP contribution is 1.92. The van der Waals surface area contributed by atoms with Gasteiger partial charge in [0.05, 0.1) is 6.26 Å². The average molecular weight is 114 g/mol. The van der Waals surface area contributed by atoms with Gasteiger partial charge in [-0.05, 0) is 0 Å². The van der Waals surface area contributed by atoms with Gasteiger partial charge < -0.3 is 9.84 Å². The lowest BCUT2D eigenvalue weighted by Crippen LogP contribution is -2.05. The number of hydrogen-bond acceptors (Lipinski definition) is 2. The Morgan fingerprint density at radius 3 is 2.62 bits per heavy atom. The third-order valence-corrected chi connectivity index (χ3v) is 0.622. The van der Waals surface area contributed by atoms with E-state index in [0.717, 1.165) is 0 Å². The van der Waals surface area contributed by atoms with Crippen LogP contribution in [-0.2, 0) is 4.74 Å². The Hall–Kier alpha value is -0.760. The van der Waals surface area contributed by atoms with Crippen molar-refractivity contribution in [3.63, 3.8) is 0 Å². The second-order valence-electron chi connectivity index (χ2n) is 1.28. The van der Waals surface area contributed by atoms with Crippen molar-refractivity contribution in [3.05, 3.63) is 25.5 Å². The number of rotatable bonds is 4. The number of hydrogen-bond donors (Lipinski definition) is 1. The lowest BCUT2D eigenvalue weighted by molar-refractivity contribution is -0.0470. The van der Waals surface area contributed by atoms with E-state index in [2.05, 4.69) is 17.9 Å². The second-order valence-corrected chi connectivity index (χ2v) is 1.28. The van der Waals surface area contributed by atoms with Crippen LogP contribution in [0.15, 0.2) is 25.5 Å². The van der Waals surface area contributed by atoms with E-state index >= 15 is 0 Å². The summed E-state index contributed by atoms with van der Waals surface area (Å²) in [5, 5.41) is 8.68. The van der Waals surface area contributed by atoms with Crippen molar-refractivity contribution in [1.29, 1.82) is 0 Å². The van der Waals surface area contributed by atoms with Gasteiger partial charge in [0.1, 0.15) is 0 Å². The van der Waals surface area contributed by atoms with Crippen molar-refractivity contribution in [2.75, 3.05) is 0 Å². The minimum Gasteiger partial charge on any atom is -0.473 e. The third-order valence-electron chi connectivity index (χ3n) is 0.622. The molecule has 8 heavy (non-hydrogen) atoms. The fourth-order valence-corrected chi connectivity index (χ4v) is 0.309. The molecule has 0 rings (SSSR count). The minimum atomic E-state index is -0.773. The maximum Gasteiger partial charge on any atom is 0.199 e. The molecule has 0 aromatic heterocycles. The molecule has 0 aromatic carbocycles. The minimum absolute atomic E-state index is 0.437. The highest BCUT2D eigenvalue weighted by Gasteiger charge is 1.94. The Kier molecular flexibility index (Phi) is 3.98. The predicted molar refractivity (Wildman–Crippen MR) is 32.1 cm³/mol. The zero-order chi connectivity index (χ0) is 6.41. The molecule has 0 aliphatic rings. The predicted octanol–water partition coefficient (Wildman–Crippen LogP) is 1.04. The summed E-state index contributed by atoms with van der Waals surface area (Å²) in [6.07, 6.45) is 2.44. The molecule has 0 saturated carbocycles. The SMILES string of the molecule is C=CCC(O)OC=C. The third kappa shape index (κ3) is 3.43. The van der Waals surface area contributed by atoms with Gasteiger partial charge in [0.2, 0.25) is 0 Å². The van der Waals surface area contributed by atoms with Crippen LogP contribution in [0.5, 0.6) is 0 Å². The summed E-state index contributed by atoms with van der Waals surface area (Å²) in [6.45, 7) is 6.68. The van der Waals surface area contributed by atoms with E-state index in [-0.39, 0.29) is 0 Å². The van der Waals surface area contributed by atoms with Crippen LogP contribution >= 0.6 is 0 Å². The molecule has 0 aliphatic heterocycles. The molecule has 1 unspecified atom stereocenters. The molecule has 1 N–H and O–H groups in total. The molecule has 0 saturated heterocycles. The van der Waals surface area contributed by atoms with Crippen LogP contribution in [0.4, 0.5) is 0 Å². The summed E-state index contributed by atoms with van der Waals surface area (Å²) in [4.78, 5) is 0. The van der Waals surface area contributed by atoms with Crippen molar-refractivity contribution in [3.8, 4) is 0 Å². The molecule has 46 valence electrons. The first-order valence-electron chi connectivity index (χ1n) is 2.36. The monoisotopic (exact) mass is 114 g/mol. The number of aliphatic hydroxyl groups is 1. The van der Waals surface area contributed by atoms with Gasteiger partial charge >= 0.3 is 0 Å². The molecule has 0 radical (unpaired) electrons. The Morgan fingerprint density at radius 1 is 1.62 bits per heavy atom. The lowest BCUT2D eigenvalue weighted by Gasteiger charge is -2.04. The highest BCUT2D eigenvalue weighted by molar-refractivity contribution is 4.68. The summed E-state index contributed by atoms with van der Waals surface area (Å²) in [6, 6.07) is 0. The molecule has 0 heterocycles. The van der Waals surface area contributed by atoms with Gasteiger partial charge in [-0.3, -0.25) is 0 Å². The summed E-state index contributed by atoms with van der Waals surface area (Å²) in [5.74, 6) is 0. The van der Waals surface area contributed by atoms with Gasteiger partial charge in [0.25, 0.3) is 0 Å². The maximum absolute atomic E-state index is 8.68. The molecular formula is C6H10O2. The normalized spacial score (nSPS) is 12.1. The van der Waals surface area contributed by atoms with Crippen molar-refractivity contribution in [2.24, 2.45) is 0 Å². The Labute approximate surface area is 49.1 Å². The van der Waals surface area contributed by atoms with Gasteiger partial charge in [-0.1, -0.05) is 12.7 Å². The quantitative estimate of drug-likeness (QED) is 0.336. The van der Waals surface area contributed by atoms with E-state index in [4.69, 9.17) is 5.11 Å². The molecule has 0 aliphatic carbocycles. The summed E-state index contributed by atoms with van der Waals surface area (Å²) >= 11 is 0. The first kappa shape index (κ1) is 7.24. The van der Waals surface area contributed by atoms with Crippen LogP contribution in [-0.4, -0.2) is 11.4 Å². The molecule has 0 fully saturated rings. The van der Waals surface area contributed by atoms with Crippen molar-refractivity contribution in [1.82, 2.24) is 0 Å². The van der Waals surface area contributed by atoms with E-state index in [1.807, 2.05) is 0 Å². The van der Waals surface area contributed by atoms with Crippen LogP contribution < -0.4 is 0 Å². The van der Waals surface area contributed by atoms with Gasteiger partial charge in [0.15, 0.2) is 6.29 Å². The van der Waals surface area contributed by atoms with E-state index in [9.17, 15) is 0 Å². The largest absolute Gasteiger partial charge is 0.473 e. The zero-order valence-electron chi connectivity index (χ0n) is 4.71. The van der Waals surface area contributed by atoms with Crippen LogP contribution in [0.25, 0.3) is 0 Å². The summed E-state index contributed by atoms with van der Waals surface area (Å²) in [7, 11) is 0. The van der Waals surface area contributed by atoms with Gasteiger partial charge in [-0.25, -0.2) is 0 Å². The van der Waals surface area contributed by atoms with Gasteiger partial charge in [0, 0.05) is 6.42 Å². The van der Waals surface area contributed by atoms with Crippen molar-refractivity contribution in [2.45, 2.75) is 12.7 Å². The standard InChI is InChI=1S/C6H10O2/c1-3-5-6(7)8-4-2/h3-4,6-7H,1-2,5H2. The van der Waals surface area contributed by atoms with Gasteiger partial charge in [-0.15, -0.1) is 6.58 Å². The van der Waals surface area contributed by atoms with E-state index in [1.165, 1.54) is 6.26 Å².